The molecule has 2 unspecified atom stereocenters. The smallest absolute Gasteiger partial charge is 0.357 e. The van der Waals surface area contributed by atoms with Gasteiger partial charge in [0.1, 0.15) is 0 Å². The number of aliphatic carboxylic acids is 1. The first kappa shape index (κ1) is 27.1. The summed E-state index contributed by atoms with van der Waals surface area (Å²) in [5, 5.41) is 15.6. The second kappa shape index (κ2) is 10.2. The lowest BCUT2D eigenvalue weighted by molar-refractivity contribution is -0.129. The molecular weight excluding hydrogens is 534 g/mol. The molecule has 2 bridgehead atoms. The number of hydrogen-bond donors (Lipinski definition) is 1. The lowest BCUT2D eigenvalue weighted by Gasteiger charge is -2.57. The molecule has 5 aliphatic rings. The summed E-state index contributed by atoms with van der Waals surface area (Å²) in [4.78, 5) is 28.4. The fraction of sp³-hybridized carbons (Fsp3) is 0.270. The molecule has 8 rings (SSSR count). The number of fused-ring (bicyclic) bond motifs is 2. The fourth-order valence-electron chi connectivity index (χ4n) is 7.27. The maximum absolute atomic E-state index is 13.7. The molecule has 6 heteroatoms. The van der Waals surface area contributed by atoms with Crippen LogP contribution in [0.3, 0.4) is 0 Å². The Labute approximate surface area is 252 Å². The summed E-state index contributed by atoms with van der Waals surface area (Å²) in [7, 11) is 0. The van der Waals surface area contributed by atoms with Crippen molar-refractivity contribution in [3.63, 3.8) is 0 Å². The molecule has 3 aromatic carbocycles. The summed E-state index contributed by atoms with van der Waals surface area (Å²) in [6, 6.07) is 24.4. The molecule has 3 aliphatic carbocycles. The van der Waals surface area contributed by atoms with E-state index in [9.17, 15) is 14.7 Å². The number of benzene rings is 3. The molecule has 2 heterocycles. The minimum absolute atomic E-state index is 0.0921. The van der Waals surface area contributed by atoms with E-state index in [2.05, 4.69) is 91.5 Å². The van der Waals surface area contributed by atoms with Crippen LogP contribution in [0.2, 0.25) is 0 Å². The van der Waals surface area contributed by atoms with Gasteiger partial charge in [-0.1, -0.05) is 74.0 Å². The summed E-state index contributed by atoms with van der Waals surface area (Å²) >= 11 is 0. The number of allylic oxidation sites excluding steroid dienone is 4. The number of hydrogen-bond acceptors (Lipinski definition) is 4. The molecule has 0 saturated heterocycles. The topological polar surface area (TPSA) is 73.2 Å². The van der Waals surface area contributed by atoms with E-state index >= 15 is 0 Å². The van der Waals surface area contributed by atoms with Crippen molar-refractivity contribution in [3.8, 4) is 0 Å². The van der Waals surface area contributed by atoms with Crippen LogP contribution in [0.15, 0.2) is 107 Å². The first-order valence-corrected chi connectivity index (χ1v) is 15.0. The molecule has 2 atom stereocenters. The van der Waals surface area contributed by atoms with E-state index in [-0.39, 0.29) is 28.5 Å². The van der Waals surface area contributed by atoms with Crippen molar-refractivity contribution in [2.24, 2.45) is 22.4 Å². The number of amides is 1. The summed E-state index contributed by atoms with van der Waals surface area (Å²) < 4.78 is 0. The minimum Gasteiger partial charge on any atom is -0.476 e. The Kier molecular flexibility index (Phi) is 6.46. The Hall–Kier alpha value is -4.71. The number of carboxylic acids is 1. The lowest BCUT2D eigenvalue weighted by atomic mass is 9.47. The first-order chi connectivity index (χ1) is 20.7. The number of rotatable bonds is 5. The van der Waals surface area contributed by atoms with Crippen LogP contribution >= 0.6 is 0 Å². The van der Waals surface area contributed by atoms with Gasteiger partial charge in [-0.3, -0.25) is 4.79 Å². The van der Waals surface area contributed by atoms with E-state index in [1.807, 2.05) is 18.2 Å². The van der Waals surface area contributed by atoms with Crippen molar-refractivity contribution in [2.75, 3.05) is 16.5 Å². The van der Waals surface area contributed by atoms with Gasteiger partial charge in [0.15, 0.2) is 5.71 Å². The normalized spacial score (nSPS) is 24.0. The number of anilines is 3. The van der Waals surface area contributed by atoms with Gasteiger partial charge in [0.2, 0.25) is 0 Å². The predicted molar refractivity (Wildman–Crippen MR) is 171 cm³/mol. The van der Waals surface area contributed by atoms with E-state index in [4.69, 9.17) is 0 Å². The minimum atomic E-state index is -1.19. The molecular formula is C37H35N3O3. The zero-order valence-electron chi connectivity index (χ0n) is 24.7. The monoisotopic (exact) mass is 569 g/mol. The van der Waals surface area contributed by atoms with Crippen molar-refractivity contribution >= 4 is 40.7 Å². The van der Waals surface area contributed by atoms with Crippen LogP contribution in [0.1, 0.15) is 43.4 Å². The average molecular weight is 570 g/mol. The number of aryl methyl sites for hydroxylation is 2. The van der Waals surface area contributed by atoms with Crippen molar-refractivity contribution in [2.45, 2.75) is 40.0 Å². The first-order valence-electron chi connectivity index (χ1n) is 15.0. The number of para-hydroxylation sites is 1. The van der Waals surface area contributed by atoms with Crippen LogP contribution in [0.4, 0.5) is 17.1 Å². The highest BCUT2D eigenvalue weighted by molar-refractivity contribution is 6.53. The Morgan fingerprint density at radius 3 is 2.47 bits per heavy atom. The van der Waals surface area contributed by atoms with E-state index < -0.39 is 5.97 Å². The van der Waals surface area contributed by atoms with Crippen LogP contribution in [-0.4, -0.2) is 29.2 Å². The highest BCUT2D eigenvalue weighted by Crippen LogP contribution is 2.62. The summed E-state index contributed by atoms with van der Waals surface area (Å²) in [5.41, 5.74) is 8.64. The van der Waals surface area contributed by atoms with Crippen LogP contribution in [-0.2, 0) is 16.0 Å². The molecule has 1 amide bonds. The maximum Gasteiger partial charge on any atom is 0.357 e. The van der Waals surface area contributed by atoms with Crippen molar-refractivity contribution < 1.29 is 14.7 Å². The number of nitrogens with zero attached hydrogens (tertiary/aromatic N) is 3. The maximum atomic E-state index is 13.7. The van der Waals surface area contributed by atoms with Gasteiger partial charge in [0.05, 0.1) is 11.3 Å². The molecule has 2 aliphatic heterocycles. The highest BCUT2D eigenvalue weighted by atomic mass is 16.4. The summed E-state index contributed by atoms with van der Waals surface area (Å²) in [6.07, 6.45) is 9.42. The number of carbonyl (C=O) groups excluding carboxylic acids is 1. The second-order valence-electron chi connectivity index (χ2n) is 12.7. The predicted octanol–water partition coefficient (Wildman–Crippen LogP) is 7.48. The van der Waals surface area contributed by atoms with Crippen LogP contribution in [0.5, 0.6) is 0 Å². The number of carbonyl (C=O) groups is 2. The van der Waals surface area contributed by atoms with Crippen LogP contribution < -0.4 is 9.91 Å². The van der Waals surface area contributed by atoms with Gasteiger partial charge in [0, 0.05) is 17.9 Å². The van der Waals surface area contributed by atoms with Crippen molar-refractivity contribution in [1.82, 2.24) is 0 Å². The summed E-state index contributed by atoms with van der Waals surface area (Å²) in [5.74, 6) is -1.12. The van der Waals surface area contributed by atoms with Gasteiger partial charge >= 0.3 is 5.97 Å². The third-order valence-electron chi connectivity index (χ3n) is 9.74. The molecule has 216 valence electrons. The van der Waals surface area contributed by atoms with Gasteiger partial charge in [0.25, 0.3) is 5.91 Å². The zero-order valence-corrected chi connectivity index (χ0v) is 24.7. The quantitative estimate of drug-likeness (QED) is 0.323. The number of carboxylic acid groups (broad SMARTS) is 1. The van der Waals surface area contributed by atoms with Gasteiger partial charge in [-0.05, 0) is 102 Å². The lowest BCUT2D eigenvalue weighted by Crippen LogP contribution is -2.49. The summed E-state index contributed by atoms with van der Waals surface area (Å²) in [6.45, 7) is 7.56. The molecule has 1 saturated carbocycles. The molecule has 3 aromatic rings. The molecule has 1 N–H and O–H groups in total. The zero-order chi connectivity index (χ0) is 29.9. The van der Waals surface area contributed by atoms with Gasteiger partial charge in [-0.25, -0.2) is 4.79 Å². The third kappa shape index (κ3) is 4.53. The second-order valence-corrected chi connectivity index (χ2v) is 12.7. The molecule has 43 heavy (non-hydrogen) atoms. The van der Waals surface area contributed by atoms with Gasteiger partial charge < -0.3 is 10.0 Å². The van der Waals surface area contributed by atoms with Gasteiger partial charge in [-0.15, -0.1) is 0 Å². The van der Waals surface area contributed by atoms with E-state index in [0.29, 0.717) is 11.6 Å². The van der Waals surface area contributed by atoms with Gasteiger partial charge in [-0.2, -0.15) is 10.1 Å². The van der Waals surface area contributed by atoms with E-state index in [1.165, 1.54) is 27.5 Å². The van der Waals surface area contributed by atoms with E-state index in [0.717, 1.165) is 42.5 Å². The van der Waals surface area contributed by atoms with Crippen molar-refractivity contribution in [3.05, 3.63) is 118 Å². The molecule has 1 fully saturated rings. The highest BCUT2D eigenvalue weighted by Gasteiger charge is 2.55. The Balaban J connectivity index is 1.23. The Bertz CT molecular complexity index is 1760. The molecule has 6 nitrogen and oxygen atoms in total. The molecule has 0 aromatic heterocycles. The molecule has 0 spiro atoms. The number of hydrazone groups is 1. The average Bonchev–Trinajstić information content (AvgIpc) is 3.37. The Morgan fingerprint density at radius 2 is 1.74 bits per heavy atom. The largest absolute Gasteiger partial charge is 0.476 e. The van der Waals surface area contributed by atoms with E-state index in [1.54, 1.807) is 12.1 Å². The standard InChI is InChI=1S/C37H35N3O3/c1-23-11-16-27(17-12-23)39-19-7-8-26-20-24(14-18-32(26)39)13-15-25-21-29(31-22-30(25)37(31,2)3)33-34(36(42)43)38-40(35(33)41)28-9-5-4-6-10-28/h4-6,9-18,20-21,30-31H,7-8,19,22H2,1-3H3,(H,42,43)/b15-13+,33-29+. The Morgan fingerprint density at radius 1 is 0.977 bits per heavy atom. The molecule has 0 radical (unpaired) electrons. The third-order valence-corrected chi connectivity index (χ3v) is 9.74. The van der Waals surface area contributed by atoms with Crippen molar-refractivity contribution in [1.29, 1.82) is 0 Å². The fourth-order valence-corrected chi connectivity index (χ4v) is 7.27. The van der Waals surface area contributed by atoms with Crippen LogP contribution in [0.25, 0.3) is 6.08 Å². The van der Waals surface area contributed by atoms with Crippen LogP contribution in [0, 0.1) is 24.2 Å². The SMILES string of the molecule is Cc1ccc(N2CCCc3cc(/C=C/C4=CC(=C5\C(=O)N(c6ccccc6)N=C5C(=O)O)/C5CC4C5(C)C)ccc32)cc1.